The van der Waals surface area contributed by atoms with Crippen LogP contribution in [0.15, 0.2) is 36.5 Å². The molecule has 0 saturated heterocycles. The summed E-state index contributed by atoms with van der Waals surface area (Å²) in [5, 5.41) is 22.3. The minimum atomic E-state index is -0.837. The van der Waals surface area contributed by atoms with E-state index in [9.17, 15) is 15.0 Å². The van der Waals surface area contributed by atoms with Crippen LogP contribution in [0.5, 0.6) is 0 Å². The molecule has 3 N–H and O–H groups in total. The first-order valence-corrected chi connectivity index (χ1v) is 12.2. The lowest BCUT2D eigenvalue weighted by molar-refractivity contribution is -0.123. The van der Waals surface area contributed by atoms with Gasteiger partial charge in [-0.15, -0.1) is 0 Å². The molecule has 0 rings (SSSR count). The molecule has 30 heavy (non-hydrogen) atoms. The Balaban J connectivity index is 3.69. The summed E-state index contributed by atoms with van der Waals surface area (Å²) in [6.07, 6.45) is 26.7. The van der Waals surface area contributed by atoms with Gasteiger partial charge in [0.15, 0.2) is 0 Å². The molecule has 0 radical (unpaired) electrons. The molecule has 0 aliphatic rings. The van der Waals surface area contributed by atoms with Gasteiger partial charge in [0.25, 0.3) is 0 Å². The van der Waals surface area contributed by atoms with Crippen molar-refractivity contribution in [2.45, 2.75) is 116 Å². The number of amides is 1. The van der Waals surface area contributed by atoms with Gasteiger partial charge < -0.3 is 15.5 Å². The first-order valence-electron chi connectivity index (χ1n) is 12.2. The van der Waals surface area contributed by atoms with Gasteiger partial charge in [0.1, 0.15) is 0 Å². The van der Waals surface area contributed by atoms with E-state index in [0.29, 0.717) is 6.42 Å². The number of carbonyl (C=O) groups excluding carboxylic acids is 1. The highest BCUT2D eigenvalue weighted by atomic mass is 16.3. The quantitative estimate of drug-likeness (QED) is 0.167. The third-order valence-electron chi connectivity index (χ3n) is 5.12. The third-order valence-corrected chi connectivity index (χ3v) is 5.12. The highest BCUT2D eigenvalue weighted by Crippen LogP contribution is 2.09. The van der Waals surface area contributed by atoms with Crippen LogP contribution >= 0.6 is 0 Å². The van der Waals surface area contributed by atoms with Crippen LogP contribution in [0.1, 0.15) is 104 Å². The van der Waals surface area contributed by atoms with E-state index in [1.807, 2.05) is 6.08 Å². The summed E-state index contributed by atoms with van der Waals surface area (Å²) >= 11 is 0. The zero-order chi connectivity index (χ0) is 22.3. The molecule has 0 fully saturated rings. The Labute approximate surface area is 185 Å². The van der Waals surface area contributed by atoms with Crippen LogP contribution < -0.4 is 5.32 Å². The lowest BCUT2D eigenvalue weighted by Crippen LogP contribution is -2.45. The molecule has 4 heteroatoms. The molecule has 0 bridgehead atoms. The van der Waals surface area contributed by atoms with Crippen LogP contribution in [0.2, 0.25) is 0 Å². The van der Waals surface area contributed by atoms with E-state index in [1.54, 1.807) is 6.08 Å². The number of nitrogens with one attached hydrogen (secondary N) is 1. The average Bonchev–Trinajstić information content (AvgIpc) is 2.75. The lowest BCUT2D eigenvalue weighted by Gasteiger charge is -2.19. The topological polar surface area (TPSA) is 69.6 Å². The van der Waals surface area contributed by atoms with E-state index < -0.39 is 12.1 Å². The third kappa shape index (κ3) is 18.6. The molecule has 0 aromatic heterocycles. The molecule has 0 aromatic rings. The Bertz CT molecular complexity index is 471. The van der Waals surface area contributed by atoms with Crippen molar-refractivity contribution in [3.8, 4) is 0 Å². The maximum Gasteiger partial charge on any atom is 0.220 e. The van der Waals surface area contributed by atoms with Gasteiger partial charge in [-0.2, -0.15) is 0 Å². The number of unbranched alkanes of at least 4 members (excludes halogenated alkanes) is 9. The molecule has 0 saturated carbocycles. The Morgan fingerprint density at radius 2 is 1.37 bits per heavy atom. The number of aliphatic hydroxyl groups excluding tert-OH is 2. The molecule has 0 aliphatic carbocycles. The Morgan fingerprint density at radius 1 is 0.800 bits per heavy atom. The van der Waals surface area contributed by atoms with Crippen LogP contribution in [0, 0.1) is 0 Å². The van der Waals surface area contributed by atoms with Gasteiger partial charge in [-0.05, 0) is 38.5 Å². The fraction of sp³-hybridized carbons (Fsp3) is 0.731. The van der Waals surface area contributed by atoms with Crippen molar-refractivity contribution in [1.29, 1.82) is 0 Å². The minimum Gasteiger partial charge on any atom is -0.394 e. The van der Waals surface area contributed by atoms with Gasteiger partial charge in [0.2, 0.25) is 5.91 Å². The number of allylic oxidation sites excluding steroid dienone is 5. The Kier molecular flexibility index (Phi) is 21.3. The first kappa shape index (κ1) is 28.6. The SMILES string of the molecule is CCCC/C=C\C/C=C\CCCCCCCC(=O)NC(CO)C(O)/C=C/CCCC. The molecule has 0 aromatic carbocycles. The monoisotopic (exact) mass is 421 g/mol. The van der Waals surface area contributed by atoms with Crippen molar-refractivity contribution in [1.82, 2.24) is 5.32 Å². The maximum absolute atomic E-state index is 12.0. The Morgan fingerprint density at radius 3 is 2.00 bits per heavy atom. The number of hydrogen-bond acceptors (Lipinski definition) is 3. The van der Waals surface area contributed by atoms with E-state index in [4.69, 9.17) is 0 Å². The largest absolute Gasteiger partial charge is 0.394 e. The van der Waals surface area contributed by atoms with E-state index in [-0.39, 0.29) is 12.5 Å². The van der Waals surface area contributed by atoms with Gasteiger partial charge in [0, 0.05) is 6.42 Å². The molecule has 0 heterocycles. The molecule has 1 amide bonds. The van der Waals surface area contributed by atoms with Gasteiger partial charge in [0.05, 0.1) is 18.8 Å². The zero-order valence-corrected chi connectivity index (χ0v) is 19.5. The summed E-state index contributed by atoms with van der Waals surface area (Å²) in [6.45, 7) is 4.08. The van der Waals surface area contributed by atoms with Crippen molar-refractivity contribution in [2.75, 3.05) is 6.61 Å². The molecule has 0 aliphatic heterocycles. The fourth-order valence-corrected chi connectivity index (χ4v) is 3.12. The minimum absolute atomic E-state index is 0.0926. The zero-order valence-electron chi connectivity index (χ0n) is 19.5. The standard InChI is InChI=1S/C26H47NO3/c1-3-5-7-9-10-11-12-13-14-15-16-17-18-20-22-26(30)27-24(23-28)25(29)21-19-8-6-4-2/h9-10,12-13,19,21,24-25,28-29H,3-8,11,14-18,20,22-23H2,1-2H3,(H,27,30)/b10-9-,13-12-,21-19+. The summed E-state index contributed by atoms with van der Waals surface area (Å²) in [5.41, 5.74) is 0. The van der Waals surface area contributed by atoms with Gasteiger partial charge in [-0.25, -0.2) is 0 Å². The molecule has 4 nitrogen and oxygen atoms in total. The molecular weight excluding hydrogens is 374 g/mol. The second-order valence-electron chi connectivity index (χ2n) is 8.04. The highest BCUT2D eigenvalue weighted by Gasteiger charge is 2.17. The number of rotatable bonds is 20. The van der Waals surface area contributed by atoms with Gasteiger partial charge in [-0.1, -0.05) is 95.2 Å². The lowest BCUT2D eigenvalue weighted by atomic mass is 10.1. The molecule has 174 valence electrons. The summed E-state index contributed by atoms with van der Waals surface area (Å²) in [5.74, 6) is -0.0926. The van der Waals surface area contributed by atoms with E-state index >= 15 is 0 Å². The van der Waals surface area contributed by atoms with Crippen LogP contribution in [0.3, 0.4) is 0 Å². The van der Waals surface area contributed by atoms with Crippen molar-refractivity contribution < 1.29 is 15.0 Å². The first-order chi connectivity index (χ1) is 14.7. The van der Waals surface area contributed by atoms with Crippen LogP contribution in [0.25, 0.3) is 0 Å². The Hall–Kier alpha value is -1.39. The van der Waals surface area contributed by atoms with Crippen LogP contribution in [-0.2, 0) is 4.79 Å². The second-order valence-corrected chi connectivity index (χ2v) is 8.04. The summed E-state index contributed by atoms with van der Waals surface area (Å²) in [4.78, 5) is 12.0. The molecule has 0 spiro atoms. The van der Waals surface area contributed by atoms with E-state index in [1.165, 1.54) is 32.1 Å². The van der Waals surface area contributed by atoms with Crippen LogP contribution in [-0.4, -0.2) is 34.9 Å². The molecular formula is C26H47NO3. The number of hydrogen-bond donors (Lipinski definition) is 3. The van der Waals surface area contributed by atoms with Crippen molar-refractivity contribution in [3.05, 3.63) is 36.5 Å². The predicted molar refractivity (Wildman–Crippen MR) is 128 cm³/mol. The highest BCUT2D eigenvalue weighted by molar-refractivity contribution is 5.76. The number of aliphatic hydroxyl groups is 2. The van der Waals surface area contributed by atoms with E-state index in [2.05, 4.69) is 43.5 Å². The normalized spacial score (nSPS) is 14.1. The van der Waals surface area contributed by atoms with Gasteiger partial charge >= 0.3 is 0 Å². The van der Waals surface area contributed by atoms with Gasteiger partial charge in [-0.3, -0.25) is 4.79 Å². The summed E-state index contributed by atoms with van der Waals surface area (Å²) in [7, 11) is 0. The summed E-state index contributed by atoms with van der Waals surface area (Å²) < 4.78 is 0. The fourth-order valence-electron chi connectivity index (χ4n) is 3.12. The second kappa shape index (κ2) is 22.3. The average molecular weight is 422 g/mol. The maximum atomic E-state index is 12.0. The summed E-state index contributed by atoms with van der Waals surface area (Å²) in [6, 6.07) is -0.622. The number of carbonyl (C=O) groups is 1. The molecule has 2 unspecified atom stereocenters. The van der Waals surface area contributed by atoms with Crippen LogP contribution in [0.4, 0.5) is 0 Å². The van der Waals surface area contributed by atoms with E-state index in [0.717, 1.165) is 51.4 Å². The van der Waals surface area contributed by atoms with Crippen molar-refractivity contribution >= 4 is 5.91 Å². The van der Waals surface area contributed by atoms with Crippen molar-refractivity contribution in [3.63, 3.8) is 0 Å². The van der Waals surface area contributed by atoms with Crippen molar-refractivity contribution in [2.24, 2.45) is 0 Å². The smallest absolute Gasteiger partial charge is 0.220 e. The predicted octanol–water partition coefficient (Wildman–Crippen LogP) is 5.99. The molecule has 2 atom stereocenters.